The highest BCUT2D eigenvalue weighted by Gasteiger charge is 2.10. The van der Waals surface area contributed by atoms with E-state index in [2.05, 4.69) is 4.74 Å². The van der Waals surface area contributed by atoms with E-state index in [1.54, 1.807) is 31.2 Å². The van der Waals surface area contributed by atoms with E-state index < -0.39 is 12.1 Å². The SMILES string of the molecule is CCOC(=O)[C@@H](O)/C=C/C=C/c1ccccc1Cl. The number of allylic oxidation sites excluding steroid dienone is 2. The summed E-state index contributed by atoms with van der Waals surface area (Å²) in [6, 6.07) is 7.38. The van der Waals surface area contributed by atoms with Crippen molar-refractivity contribution in [2.45, 2.75) is 13.0 Å². The number of ether oxygens (including phenoxy) is 1. The Balaban J connectivity index is 2.55. The first-order valence-corrected chi connectivity index (χ1v) is 5.97. The molecule has 4 heteroatoms. The second kappa shape index (κ2) is 7.69. The monoisotopic (exact) mass is 266 g/mol. The van der Waals surface area contributed by atoms with Crippen LogP contribution in [0.4, 0.5) is 0 Å². The number of hydrogen-bond donors (Lipinski definition) is 1. The van der Waals surface area contributed by atoms with Crippen LogP contribution in [0.1, 0.15) is 12.5 Å². The molecule has 18 heavy (non-hydrogen) atoms. The minimum atomic E-state index is -1.24. The number of benzene rings is 1. The second-order valence-corrected chi connectivity index (χ2v) is 3.87. The molecular weight excluding hydrogens is 252 g/mol. The molecule has 1 aromatic carbocycles. The van der Waals surface area contributed by atoms with Crippen molar-refractivity contribution in [3.63, 3.8) is 0 Å². The Kier molecular flexibility index (Phi) is 6.19. The Morgan fingerprint density at radius 3 is 2.83 bits per heavy atom. The van der Waals surface area contributed by atoms with Crippen LogP contribution in [0.25, 0.3) is 6.08 Å². The van der Waals surface area contributed by atoms with Gasteiger partial charge in [0, 0.05) is 5.02 Å². The molecule has 3 nitrogen and oxygen atoms in total. The average Bonchev–Trinajstić information content (AvgIpc) is 2.36. The van der Waals surface area contributed by atoms with Crippen molar-refractivity contribution >= 4 is 23.6 Å². The van der Waals surface area contributed by atoms with Gasteiger partial charge in [-0.25, -0.2) is 4.79 Å². The molecule has 0 saturated carbocycles. The molecule has 0 fully saturated rings. The first-order chi connectivity index (χ1) is 8.65. The summed E-state index contributed by atoms with van der Waals surface area (Å²) in [4.78, 5) is 11.1. The predicted octanol–water partition coefficient (Wildman–Crippen LogP) is 2.83. The molecule has 0 aliphatic carbocycles. The van der Waals surface area contributed by atoms with Gasteiger partial charge in [0.15, 0.2) is 6.10 Å². The lowest BCUT2D eigenvalue weighted by molar-refractivity contribution is -0.150. The van der Waals surface area contributed by atoms with Crippen molar-refractivity contribution in [1.29, 1.82) is 0 Å². The summed E-state index contributed by atoms with van der Waals surface area (Å²) >= 11 is 5.96. The predicted molar refractivity (Wildman–Crippen MR) is 72.3 cm³/mol. The van der Waals surface area contributed by atoms with E-state index in [0.717, 1.165) is 5.56 Å². The van der Waals surface area contributed by atoms with Crippen molar-refractivity contribution in [3.8, 4) is 0 Å². The molecule has 1 aromatic rings. The first-order valence-electron chi connectivity index (χ1n) is 5.59. The maximum absolute atomic E-state index is 11.1. The Morgan fingerprint density at radius 2 is 2.17 bits per heavy atom. The van der Waals surface area contributed by atoms with E-state index in [0.29, 0.717) is 5.02 Å². The number of halogens is 1. The molecule has 0 amide bonds. The van der Waals surface area contributed by atoms with E-state index in [-0.39, 0.29) is 6.61 Å². The van der Waals surface area contributed by atoms with Crippen LogP contribution in [0.2, 0.25) is 5.02 Å². The zero-order valence-electron chi connectivity index (χ0n) is 10.0. The minimum Gasteiger partial charge on any atom is -0.464 e. The fourth-order valence-electron chi connectivity index (χ4n) is 1.25. The van der Waals surface area contributed by atoms with Gasteiger partial charge < -0.3 is 9.84 Å². The van der Waals surface area contributed by atoms with Crippen molar-refractivity contribution in [3.05, 3.63) is 53.1 Å². The molecule has 0 bridgehead atoms. The highest BCUT2D eigenvalue weighted by atomic mass is 35.5. The Labute approximate surface area is 111 Å². The Hall–Kier alpha value is -1.58. The molecule has 0 aliphatic heterocycles. The van der Waals surface area contributed by atoms with Gasteiger partial charge in [-0.15, -0.1) is 0 Å². The summed E-state index contributed by atoms with van der Waals surface area (Å²) in [6.07, 6.45) is 5.18. The van der Waals surface area contributed by atoms with Crippen molar-refractivity contribution in [1.82, 2.24) is 0 Å². The Bertz CT molecular complexity index is 452. The number of aliphatic hydroxyl groups excluding tert-OH is 1. The van der Waals surface area contributed by atoms with Crippen molar-refractivity contribution in [2.24, 2.45) is 0 Å². The van der Waals surface area contributed by atoms with E-state index >= 15 is 0 Å². The molecule has 0 aliphatic rings. The number of esters is 1. The van der Waals surface area contributed by atoms with Crippen molar-refractivity contribution < 1.29 is 14.6 Å². The zero-order chi connectivity index (χ0) is 13.4. The van der Waals surface area contributed by atoms with Gasteiger partial charge in [-0.1, -0.05) is 48.0 Å². The maximum atomic E-state index is 11.1. The van der Waals surface area contributed by atoms with Crippen LogP contribution in [0.5, 0.6) is 0 Å². The molecule has 1 N–H and O–H groups in total. The van der Waals surface area contributed by atoms with Gasteiger partial charge in [0.25, 0.3) is 0 Å². The number of hydrogen-bond acceptors (Lipinski definition) is 3. The lowest BCUT2D eigenvalue weighted by atomic mass is 10.2. The standard InChI is InChI=1S/C14H15ClO3/c1-2-18-14(17)13(16)10-6-4-8-11-7-3-5-9-12(11)15/h3-10,13,16H,2H2,1H3/b8-4+,10-6+/t13-/m0/s1. The minimum absolute atomic E-state index is 0.249. The fourth-order valence-corrected chi connectivity index (χ4v) is 1.44. The van der Waals surface area contributed by atoms with Gasteiger partial charge in [0.1, 0.15) is 0 Å². The normalized spacial score (nSPS) is 13.1. The summed E-state index contributed by atoms with van der Waals surface area (Å²) in [6.45, 7) is 1.94. The molecule has 1 atom stereocenters. The summed E-state index contributed by atoms with van der Waals surface area (Å²) in [7, 11) is 0. The second-order valence-electron chi connectivity index (χ2n) is 3.46. The summed E-state index contributed by atoms with van der Waals surface area (Å²) in [5, 5.41) is 10.0. The molecule has 0 spiro atoms. The molecule has 0 unspecified atom stereocenters. The van der Waals surface area contributed by atoms with Crippen LogP contribution in [-0.2, 0) is 9.53 Å². The molecule has 1 rings (SSSR count). The van der Waals surface area contributed by atoms with Gasteiger partial charge in [0.05, 0.1) is 6.61 Å². The van der Waals surface area contributed by atoms with E-state index in [9.17, 15) is 9.90 Å². The van der Waals surface area contributed by atoms with Crippen LogP contribution in [0, 0.1) is 0 Å². The van der Waals surface area contributed by atoms with Gasteiger partial charge in [0.2, 0.25) is 0 Å². The lowest BCUT2D eigenvalue weighted by Crippen LogP contribution is -2.20. The highest BCUT2D eigenvalue weighted by molar-refractivity contribution is 6.32. The van der Waals surface area contributed by atoms with Crippen LogP contribution >= 0.6 is 11.6 Å². The van der Waals surface area contributed by atoms with Gasteiger partial charge in [-0.3, -0.25) is 0 Å². The zero-order valence-corrected chi connectivity index (χ0v) is 10.8. The lowest BCUT2D eigenvalue weighted by Gasteiger charge is -2.03. The molecule has 0 saturated heterocycles. The average molecular weight is 267 g/mol. The quantitative estimate of drug-likeness (QED) is 0.658. The van der Waals surface area contributed by atoms with E-state index in [1.165, 1.54) is 6.08 Å². The summed E-state index contributed by atoms with van der Waals surface area (Å²) in [5.74, 6) is -0.653. The smallest absolute Gasteiger partial charge is 0.339 e. The van der Waals surface area contributed by atoms with Gasteiger partial charge >= 0.3 is 5.97 Å². The molecule has 0 radical (unpaired) electrons. The molecule has 0 heterocycles. The molecule has 0 aromatic heterocycles. The van der Waals surface area contributed by atoms with Crippen LogP contribution in [0.15, 0.2) is 42.5 Å². The maximum Gasteiger partial charge on any atom is 0.339 e. The molecule has 96 valence electrons. The van der Waals surface area contributed by atoms with Gasteiger partial charge in [-0.05, 0) is 24.6 Å². The first kappa shape index (κ1) is 14.5. The number of rotatable bonds is 5. The largest absolute Gasteiger partial charge is 0.464 e. The van der Waals surface area contributed by atoms with Crippen LogP contribution in [0.3, 0.4) is 0 Å². The van der Waals surface area contributed by atoms with Crippen LogP contribution in [-0.4, -0.2) is 23.8 Å². The van der Waals surface area contributed by atoms with Gasteiger partial charge in [-0.2, -0.15) is 0 Å². The third-order valence-electron chi connectivity index (χ3n) is 2.11. The Morgan fingerprint density at radius 1 is 1.44 bits per heavy atom. The summed E-state index contributed by atoms with van der Waals surface area (Å²) in [5.41, 5.74) is 0.870. The van der Waals surface area contributed by atoms with E-state index in [1.807, 2.05) is 18.2 Å². The molecular formula is C14H15ClO3. The highest BCUT2D eigenvalue weighted by Crippen LogP contribution is 2.16. The number of carbonyl (C=O) groups excluding carboxylic acids is 1. The third kappa shape index (κ3) is 4.73. The fraction of sp³-hybridized carbons (Fsp3) is 0.214. The van der Waals surface area contributed by atoms with Crippen LogP contribution < -0.4 is 0 Å². The number of aliphatic hydroxyl groups is 1. The number of carbonyl (C=O) groups is 1. The third-order valence-corrected chi connectivity index (χ3v) is 2.46. The van der Waals surface area contributed by atoms with E-state index in [4.69, 9.17) is 11.6 Å². The topological polar surface area (TPSA) is 46.5 Å². The summed E-state index contributed by atoms with van der Waals surface area (Å²) < 4.78 is 4.65. The van der Waals surface area contributed by atoms with Crippen molar-refractivity contribution in [2.75, 3.05) is 6.61 Å².